The van der Waals surface area contributed by atoms with Crippen molar-refractivity contribution in [2.75, 3.05) is 0 Å². The van der Waals surface area contributed by atoms with Gasteiger partial charge in [-0.05, 0) is 12.1 Å². The van der Waals surface area contributed by atoms with Gasteiger partial charge in [-0.15, -0.1) is 0 Å². The van der Waals surface area contributed by atoms with Crippen LogP contribution in [-0.4, -0.2) is 0 Å². The monoisotopic (exact) mass is 266 g/mol. The largest absolute Gasteiger partial charge is 0.420 e. The van der Waals surface area contributed by atoms with Crippen molar-refractivity contribution < 1.29 is 30.7 Å². The van der Waals surface area contributed by atoms with E-state index in [4.69, 9.17) is 11.6 Å². The highest BCUT2D eigenvalue weighted by Gasteiger charge is 2.42. The van der Waals surface area contributed by atoms with Crippen molar-refractivity contribution in [2.45, 2.75) is 12.4 Å². The molecule has 0 aliphatic heterocycles. The molecule has 0 heterocycles. The summed E-state index contributed by atoms with van der Waals surface area (Å²) in [6.45, 7) is 0. The van der Waals surface area contributed by atoms with Crippen LogP contribution in [0.3, 0.4) is 0 Å². The quantitative estimate of drug-likeness (QED) is 0.606. The Morgan fingerprint density at radius 2 is 1.38 bits per heavy atom. The van der Waals surface area contributed by atoms with E-state index in [1.165, 1.54) is 0 Å². The zero-order valence-electron chi connectivity index (χ0n) is 7.18. The first-order chi connectivity index (χ1) is 7.05. The van der Waals surface area contributed by atoms with Gasteiger partial charge in [-0.1, -0.05) is 11.6 Å². The number of halogens is 8. The van der Waals surface area contributed by atoms with Gasteiger partial charge in [0.25, 0.3) is 0 Å². The van der Waals surface area contributed by atoms with E-state index < -0.39 is 34.3 Å². The van der Waals surface area contributed by atoms with Crippen LogP contribution in [0.15, 0.2) is 12.1 Å². The van der Waals surface area contributed by atoms with Crippen molar-refractivity contribution in [1.29, 1.82) is 0 Å². The maximum Gasteiger partial charge on any atom is 0.420 e. The second kappa shape index (κ2) is 3.80. The Bertz CT molecular complexity index is 404. The Kier molecular flexibility index (Phi) is 3.11. The second-order valence-corrected chi connectivity index (χ2v) is 3.16. The molecule has 0 atom stereocenters. The average molecular weight is 267 g/mol. The van der Waals surface area contributed by atoms with Crippen LogP contribution < -0.4 is 0 Å². The molecule has 1 aromatic rings. The molecule has 90 valence electrons. The molecule has 8 heteroatoms. The summed E-state index contributed by atoms with van der Waals surface area (Å²) in [7, 11) is 0. The van der Waals surface area contributed by atoms with Gasteiger partial charge < -0.3 is 0 Å². The van der Waals surface area contributed by atoms with Crippen LogP contribution in [0.2, 0.25) is 5.02 Å². The molecule has 0 unspecified atom stereocenters. The number of benzene rings is 1. The Balaban J connectivity index is 3.52. The van der Waals surface area contributed by atoms with E-state index in [2.05, 4.69) is 0 Å². The van der Waals surface area contributed by atoms with E-state index in [1.807, 2.05) is 0 Å². The van der Waals surface area contributed by atoms with Crippen LogP contribution in [0, 0.1) is 5.82 Å². The number of alkyl halides is 6. The second-order valence-electron chi connectivity index (χ2n) is 2.78. The molecule has 0 radical (unpaired) electrons. The van der Waals surface area contributed by atoms with Crippen molar-refractivity contribution in [2.24, 2.45) is 0 Å². The summed E-state index contributed by atoms with van der Waals surface area (Å²) in [6.07, 6.45) is -10.3. The molecule has 1 aromatic carbocycles. The molecule has 16 heavy (non-hydrogen) atoms. The standard InChI is InChI=1S/C8H2ClF7/c9-6-3(7(11,12)13)1-2-4(10)5(6)8(14,15)16/h1-2H. The number of rotatable bonds is 0. The van der Waals surface area contributed by atoms with E-state index in [0.717, 1.165) is 0 Å². The minimum absolute atomic E-state index is 0.0809. The van der Waals surface area contributed by atoms with Gasteiger partial charge in [-0.2, -0.15) is 26.3 Å². The molecular formula is C8H2ClF7. The van der Waals surface area contributed by atoms with Crippen molar-refractivity contribution in [3.05, 3.63) is 34.1 Å². The van der Waals surface area contributed by atoms with Gasteiger partial charge in [-0.25, -0.2) is 4.39 Å². The summed E-state index contributed by atoms with van der Waals surface area (Å²) in [6, 6.07) is 0.241. The van der Waals surface area contributed by atoms with Crippen LogP contribution in [-0.2, 0) is 12.4 Å². The zero-order valence-corrected chi connectivity index (χ0v) is 7.93. The first-order valence-corrected chi connectivity index (χ1v) is 4.05. The van der Waals surface area contributed by atoms with Crippen molar-refractivity contribution in [1.82, 2.24) is 0 Å². The molecule has 0 aliphatic rings. The fourth-order valence-corrected chi connectivity index (χ4v) is 1.40. The number of hydrogen-bond donors (Lipinski definition) is 0. The zero-order chi connectivity index (χ0) is 12.7. The van der Waals surface area contributed by atoms with Gasteiger partial charge in [0, 0.05) is 0 Å². The lowest BCUT2D eigenvalue weighted by atomic mass is 10.1. The van der Waals surface area contributed by atoms with Crippen LogP contribution in [0.25, 0.3) is 0 Å². The highest BCUT2D eigenvalue weighted by molar-refractivity contribution is 6.32. The third-order valence-electron chi connectivity index (χ3n) is 1.68. The summed E-state index contributed by atoms with van der Waals surface area (Å²) in [4.78, 5) is 0. The van der Waals surface area contributed by atoms with E-state index in [0.29, 0.717) is 0 Å². The van der Waals surface area contributed by atoms with Gasteiger partial charge in [0.15, 0.2) is 0 Å². The smallest absolute Gasteiger partial charge is 0.206 e. The summed E-state index contributed by atoms with van der Waals surface area (Å²) < 4.78 is 85.8. The minimum Gasteiger partial charge on any atom is -0.206 e. The van der Waals surface area contributed by atoms with E-state index in [-0.39, 0.29) is 12.1 Å². The van der Waals surface area contributed by atoms with Gasteiger partial charge in [0.1, 0.15) is 11.4 Å². The normalized spacial score (nSPS) is 13.0. The van der Waals surface area contributed by atoms with Gasteiger partial charge in [-0.3, -0.25) is 0 Å². The molecule has 0 bridgehead atoms. The highest BCUT2D eigenvalue weighted by atomic mass is 35.5. The summed E-state index contributed by atoms with van der Waals surface area (Å²) >= 11 is 4.90. The molecule has 0 saturated carbocycles. The van der Waals surface area contributed by atoms with Crippen LogP contribution >= 0.6 is 11.6 Å². The molecule has 0 N–H and O–H groups in total. The fourth-order valence-electron chi connectivity index (χ4n) is 1.03. The average Bonchev–Trinajstić information content (AvgIpc) is 1.97. The molecule has 0 aromatic heterocycles. The van der Waals surface area contributed by atoms with E-state index >= 15 is 0 Å². The van der Waals surface area contributed by atoms with Crippen LogP contribution in [0.1, 0.15) is 11.1 Å². The van der Waals surface area contributed by atoms with Gasteiger partial charge in [0.2, 0.25) is 0 Å². The van der Waals surface area contributed by atoms with E-state index in [1.54, 1.807) is 0 Å². The molecule has 0 fully saturated rings. The molecule has 0 aliphatic carbocycles. The van der Waals surface area contributed by atoms with Gasteiger partial charge in [0.05, 0.1) is 10.6 Å². The Morgan fingerprint density at radius 3 is 1.75 bits per heavy atom. The van der Waals surface area contributed by atoms with E-state index in [9.17, 15) is 30.7 Å². The van der Waals surface area contributed by atoms with Crippen molar-refractivity contribution >= 4 is 11.6 Å². The topological polar surface area (TPSA) is 0 Å². The Labute approximate surface area is 89.6 Å². The molecule has 1 rings (SSSR count). The highest BCUT2D eigenvalue weighted by Crippen LogP contribution is 2.43. The van der Waals surface area contributed by atoms with Crippen molar-refractivity contribution in [3.63, 3.8) is 0 Å². The maximum atomic E-state index is 12.7. The predicted octanol–water partition coefficient (Wildman–Crippen LogP) is 4.52. The molecule has 0 spiro atoms. The molecule has 0 saturated heterocycles. The lowest BCUT2D eigenvalue weighted by Gasteiger charge is -2.14. The lowest BCUT2D eigenvalue weighted by molar-refractivity contribution is -0.144. The summed E-state index contributed by atoms with van der Waals surface area (Å²) in [5.74, 6) is -1.84. The Morgan fingerprint density at radius 1 is 0.875 bits per heavy atom. The number of hydrogen-bond acceptors (Lipinski definition) is 0. The first kappa shape index (κ1) is 13.1. The lowest BCUT2D eigenvalue weighted by Crippen LogP contribution is -2.14. The minimum atomic E-state index is -5.28. The predicted molar refractivity (Wildman–Crippen MR) is 41.4 cm³/mol. The third-order valence-corrected chi connectivity index (χ3v) is 2.07. The molecular weight excluding hydrogens is 265 g/mol. The maximum absolute atomic E-state index is 12.7. The van der Waals surface area contributed by atoms with Gasteiger partial charge >= 0.3 is 12.4 Å². The summed E-state index contributed by atoms with van der Waals surface area (Å²) in [5, 5.41) is -1.68. The first-order valence-electron chi connectivity index (χ1n) is 3.67. The van der Waals surface area contributed by atoms with Crippen molar-refractivity contribution in [3.8, 4) is 0 Å². The third kappa shape index (κ3) is 2.40. The molecule has 0 amide bonds. The van der Waals surface area contributed by atoms with Crippen LogP contribution in [0.5, 0.6) is 0 Å². The Hall–Kier alpha value is -0.980. The SMILES string of the molecule is Fc1ccc(C(F)(F)F)c(Cl)c1C(F)(F)F. The molecule has 0 nitrogen and oxygen atoms in total. The van der Waals surface area contributed by atoms with Crippen LogP contribution in [0.4, 0.5) is 30.7 Å². The fraction of sp³-hybridized carbons (Fsp3) is 0.250. The summed E-state index contributed by atoms with van der Waals surface area (Å²) in [5.41, 5.74) is -3.83.